The molecule has 1 aromatic rings. The average Bonchev–Trinajstić information content (AvgIpc) is 2.42. The Balaban J connectivity index is 3.67. The zero-order chi connectivity index (χ0) is 18.9. The minimum Gasteiger partial charge on any atom is -0.591 e. The Bertz CT molecular complexity index is 696. The first-order valence-corrected chi connectivity index (χ1v) is 7.58. The predicted molar refractivity (Wildman–Crippen MR) is 82.7 cm³/mol. The third kappa shape index (κ3) is 4.54. The van der Waals surface area contributed by atoms with Gasteiger partial charge in [0.15, 0.2) is 0 Å². The van der Waals surface area contributed by atoms with Crippen molar-refractivity contribution in [2.24, 2.45) is 4.40 Å². The molecule has 0 aromatic heterocycles. The molecule has 0 aliphatic carbocycles. The van der Waals surface area contributed by atoms with Crippen molar-refractivity contribution in [2.75, 3.05) is 0 Å². The van der Waals surface area contributed by atoms with Gasteiger partial charge in [-0.15, -0.1) is 0 Å². The molecule has 0 fully saturated rings. The van der Waals surface area contributed by atoms with E-state index in [4.69, 9.17) is 0 Å². The van der Waals surface area contributed by atoms with Gasteiger partial charge in [0.2, 0.25) is 0 Å². The van der Waals surface area contributed by atoms with E-state index in [0.717, 1.165) is 6.08 Å². The van der Waals surface area contributed by atoms with Crippen molar-refractivity contribution in [1.29, 1.82) is 0 Å². The number of rotatable bonds is 4. The van der Waals surface area contributed by atoms with Crippen molar-refractivity contribution >= 4 is 22.8 Å². The maximum atomic E-state index is 14.2. The Hall–Kier alpha value is -1.94. The minimum absolute atomic E-state index is 0.0975. The summed E-state index contributed by atoms with van der Waals surface area (Å²) in [4.78, 5) is 9.74. The molecular weight excluding hydrogens is 352 g/mol. The molecule has 1 unspecified atom stereocenters. The van der Waals surface area contributed by atoms with E-state index < -0.39 is 55.6 Å². The van der Waals surface area contributed by atoms with Crippen molar-refractivity contribution in [3.8, 4) is 0 Å². The molecule has 0 aliphatic heterocycles. The molecule has 0 aliphatic rings. The highest BCUT2D eigenvalue weighted by atomic mass is 32.2. The van der Waals surface area contributed by atoms with E-state index >= 15 is 0 Å². The number of alkyl halides is 3. The van der Waals surface area contributed by atoms with Crippen molar-refractivity contribution in [1.82, 2.24) is 0 Å². The van der Waals surface area contributed by atoms with E-state index in [-0.39, 0.29) is 6.07 Å². The van der Waals surface area contributed by atoms with Gasteiger partial charge in [0.1, 0.15) is 27.6 Å². The lowest BCUT2D eigenvalue weighted by Gasteiger charge is -2.19. The molecule has 0 N–H and O–H groups in total. The first kappa shape index (κ1) is 20.1. The summed E-state index contributed by atoms with van der Waals surface area (Å²) < 4.78 is 67.8. The Morgan fingerprint density at radius 3 is 2.25 bits per heavy atom. The topological polar surface area (TPSA) is 78.6 Å². The van der Waals surface area contributed by atoms with E-state index in [0.29, 0.717) is 6.07 Å². The second-order valence-electron chi connectivity index (χ2n) is 5.65. The first-order chi connectivity index (χ1) is 10.8. The quantitative estimate of drug-likeness (QED) is 0.263. The number of benzene rings is 1. The van der Waals surface area contributed by atoms with Crippen LogP contribution in [0, 0.1) is 15.9 Å². The van der Waals surface area contributed by atoms with Crippen LogP contribution in [0.4, 0.5) is 23.2 Å². The van der Waals surface area contributed by atoms with Crippen molar-refractivity contribution in [3.05, 3.63) is 51.8 Å². The average molecular weight is 366 g/mol. The third-order valence-corrected chi connectivity index (χ3v) is 4.16. The van der Waals surface area contributed by atoms with Crippen LogP contribution >= 0.6 is 0 Å². The summed E-state index contributed by atoms with van der Waals surface area (Å²) in [6.45, 7) is 7.96. The monoisotopic (exact) mass is 366 g/mol. The number of halogens is 4. The van der Waals surface area contributed by atoms with Gasteiger partial charge < -0.3 is 4.55 Å². The van der Waals surface area contributed by atoms with Gasteiger partial charge in [0.05, 0.1) is 10.5 Å². The fraction of sp³-hybridized carbons (Fsp3) is 0.357. The van der Waals surface area contributed by atoms with Gasteiger partial charge >= 0.3 is 6.18 Å². The van der Waals surface area contributed by atoms with Crippen LogP contribution in [0.15, 0.2) is 29.2 Å². The summed E-state index contributed by atoms with van der Waals surface area (Å²) >= 11 is -1.92. The number of hydrogen-bond donors (Lipinski definition) is 0. The maximum absolute atomic E-state index is 14.2. The molecule has 0 amide bonds. The smallest absolute Gasteiger partial charge is 0.419 e. The number of nitrogens with zero attached hydrogens (tertiary/aromatic N) is 2. The zero-order valence-corrected chi connectivity index (χ0v) is 13.8. The predicted octanol–water partition coefficient (Wildman–Crippen LogP) is 4.19. The van der Waals surface area contributed by atoms with E-state index in [2.05, 4.69) is 11.0 Å². The molecule has 1 atom stereocenters. The molecule has 132 valence electrons. The van der Waals surface area contributed by atoms with Gasteiger partial charge in [-0.1, -0.05) is 11.0 Å². The van der Waals surface area contributed by atoms with Crippen LogP contribution in [0.1, 0.15) is 31.9 Å². The van der Waals surface area contributed by atoms with Crippen molar-refractivity contribution in [3.63, 3.8) is 0 Å². The number of allylic oxidation sites excluding steroid dienone is 1. The second kappa shape index (κ2) is 6.89. The molecule has 0 spiro atoms. The van der Waals surface area contributed by atoms with Crippen LogP contribution in [0.2, 0.25) is 0 Å². The Labute approximate surface area is 138 Å². The molecular formula is C14H14F4N2O3S. The van der Waals surface area contributed by atoms with E-state index in [1.807, 2.05) is 0 Å². The van der Waals surface area contributed by atoms with Gasteiger partial charge in [-0.05, 0) is 26.8 Å². The van der Waals surface area contributed by atoms with E-state index in [1.54, 1.807) is 20.8 Å². The lowest BCUT2D eigenvalue weighted by molar-refractivity contribution is -0.385. The van der Waals surface area contributed by atoms with Crippen LogP contribution in [0.3, 0.4) is 0 Å². The summed E-state index contributed by atoms with van der Waals surface area (Å²) in [5.74, 6) is -1.74. The number of nitro groups is 1. The largest absolute Gasteiger partial charge is 0.591 e. The third-order valence-electron chi connectivity index (χ3n) is 2.75. The molecule has 5 nitrogen and oxygen atoms in total. The Morgan fingerprint density at radius 1 is 1.33 bits per heavy atom. The standard InChI is InChI=1S/C14H14F4N2O3S/c1-5-11(19-24(23)13(2,3)4)9-6-8(20(21)22)7-10(12(9)15)14(16,17)18/h5-7H,1H2,2-4H3/b19-11+. The van der Waals surface area contributed by atoms with Crippen LogP contribution < -0.4 is 0 Å². The van der Waals surface area contributed by atoms with Crippen LogP contribution in [-0.2, 0) is 17.5 Å². The highest BCUT2D eigenvalue weighted by molar-refractivity contribution is 7.91. The molecule has 0 radical (unpaired) electrons. The molecule has 0 saturated heterocycles. The molecule has 0 heterocycles. The summed E-state index contributed by atoms with van der Waals surface area (Å²) in [5.41, 5.74) is -4.02. The molecule has 1 rings (SSSR count). The summed E-state index contributed by atoms with van der Waals surface area (Å²) in [6, 6.07) is 0.700. The summed E-state index contributed by atoms with van der Waals surface area (Å²) in [6.07, 6.45) is -4.24. The lowest BCUT2D eigenvalue weighted by Crippen LogP contribution is -2.27. The molecule has 24 heavy (non-hydrogen) atoms. The minimum atomic E-state index is -5.14. The second-order valence-corrected chi connectivity index (χ2v) is 7.56. The summed E-state index contributed by atoms with van der Waals surface area (Å²) in [7, 11) is 0. The zero-order valence-electron chi connectivity index (χ0n) is 13.0. The highest BCUT2D eigenvalue weighted by Crippen LogP contribution is 2.36. The molecule has 0 saturated carbocycles. The van der Waals surface area contributed by atoms with Crippen LogP contribution in [0.25, 0.3) is 0 Å². The highest BCUT2D eigenvalue weighted by Gasteiger charge is 2.38. The van der Waals surface area contributed by atoms with Crippen LogP contribution in [0.5, 0.6) is 0 Å². The number of hydrogen-bond acceptors (Lipinski definition) is 4. The Kier molecular flexibility index (Phi) is 5.78. The maximum Gasteiger partial charge on any atom is 0.419 e. The fourth-order valence-electron chi connectivity index (χ4n) is 1.53. The first-order valence-electron chi connectivity index (χ1n) is 6.47. The molecule has 1 aromatic carbocycles. The van der Waals surface area contributed by atoms with Gasteiger partial charge in [0.25, 0.3) is 5.69 Å². The van der Waals surface area contributed by atoms with Crippen molar-refractivity contribution < 1.29 is 27.0 Å². The lowest BCUT2D eigenvalue weighted by atomic mass is 10.0. The summed E-state index contributed by atoms with van der Waals surface area (Å²) in [5, 5.41) is 10.8. The molecule has 10 heteroatoms. The van der Waals surface area contributed by atoms with Gasteiger partial charge in [-0.3, -0.25) is 10.1 Å². The van der Waals surface area contributed by atoms with Crippen molar-refractivity contribution in [2.45, 2.75) is 31.7 Å². The Morgan fingerprint density at radius 2 is 1.88 bits per heavy atom. The van der Waals surface area contributed by atoms with Gasteiger partial charge in [-0.25, -0.2) is 4.39 Å². The van der Waals surface area contributed by atoms with E-state index in [1.165, 1.54) is 0 Å². The van der Waals surface area contributed by atoms with Gasteiger partial charge in [-0.2, -0.15) is 13.2 Å². The normalized spacial score (nSPS) is 14.4. The SMILES string of the molecule is C=C/C(=N\[S+]([O-])C(C)(C)C)c1cc([N+](=O)[O-])cc(C(F)(F)F)c1F. The fourth-order valence-corrected chi connectivity index (χ4v) is 2.16. The number of non-ortho nitro benzene ring substituents is 1. The molecule has 0 bridgehead atoms. The van der Waals surface area contributed by atoms with Crippen LogP contribution in [-0.4, -0.2) is 19.9 Å². The van der Waals surface area contributed by atoms with E-state index in [9.17, 15) is 32.2 Å². The van der Waals surface area contributed by atoms with Gasteiger partial charge in [0, 0.05) is 17.7 Å². The number of nitro benzene ring substituents is 1.